The van der Waals surface area contributed by atoms with E-state index in [2.05, 4.69) is 15.1 Å². The number of benzene rings is 1. The molecule has 0 radical (unpaired) electrons. The molecule has 1 aromatic carbocycles. The highest BCUT2D eigenvalue weighted by atomic mass is 35.5. The Morgan fingerprint density at radius 1 is 1.14 bits per heavy atom. The summed E-state index contributed by atoms with van der Waals surface area (Å²) in [5, 5.41) is 4.77. The SMILES string of the molecule is CN(Cc1cnn(-c2ccccc2)c1)c1cncc(Cl)n1. The van der Waals surface area contributed by atoms with Crippen molar-refractivity contribution in [2.24, 2.45) is 0 Å². The lowest BCUT2D eigenvalue weighted by Gasteiger charge is -2.16. The van der Waals surface area contributed by atoms with Gasteiger partial charge < -0.3 is 4.90 Å². The zero-order valence-corrected chi connectivity index (χ0v) is 12.3. The first-order chi connectivity index (χ1) is 10.2. The minimum atomic E-state index is 0.388. The Morgan fingerprint density at radius 3 is 2.71 bits per heavy atom. The van der Waals surface area contributed by atoms with Gasteiger partial charge in [0.25, 0.3) is 0 Å². The molecule has 0 fully saturated rings. The van der Waals surface area contributed by atoms with Gasteiger partial charge in [0.2, 0.25) is 0 Å². The summed E-state index contributed by atoms with van der Waals surface area (Å²) in [5.74, 6) is 0.731. The van der Waals surface area contributed by atoms with E-state index in [1.54, 1.807) is 6.20 Å². The fourth-order valence-electron chi connectivity index (χ4n) is 2.04. The molecule has 0 spiro atoms. The molecule has 0 saturated carbocycles. The molecule has 21 heavy (non-hydrogen) atoms. The molecular formula is C15H14ClN5. The summed E-state index contributed by atoms with van der Waals surface area (Å²) in [6.07, 6.45) is 7.06. The summed E-state index contributed by atoms with van der Waals surface area (Å²) in [6.45, 7) is 0.682. The van der Waals surface area contributed by atoms with Crippen molar-refractivity contribution in [2.45, 2.75) is 6.54 Å². The lowest BCUT2D eigenvalue weighted by atomic mass is 10.3. The van der Waals surface area contributed by atoms with Gasteiger partial charge in [0.05, 0.1) is 24.3 Å². The van der Waals surface area contributed by atoms with Gasteiger partial charge >= 0.3 is 0 Å². The predicted molar refractivity (Wildman–Crippen MR) is 82.7 cm³/mol. The van der Waals surface area contributed by atoms with Gasteiger partial charge in [-0.15, -0.1) is 0 Å². The molecule has 0 saturated heterocycles. The van der Waals surface area contributed by atoms with Gasteiger partial charge in [0.1, 0.15) is 11.0 Å². The second kappa shape index (κ2) is 5.93. The fourth-order valence-corrected chi connectivity index (χ4v) is 2.18. The molecular weight excluding hydrogens is 286 g/mol. The van der Waals surface area contributed by atoms with Crippen molar-refractivity contribution in [1.29, 1.82) is 0 Å². The normalized spacial score (nSPS) is 10.6. The second-order valence-corrected chi connectivity index (χ2v) is 5.07. The summed E-state index contributed by atoms with van der Waals surface area (Å²) in [6, 6.07) is 10.0. The molecule has 0 amide bonds. The number of nitrogens with zero attached hydrogens (tertiary/aromatic N) is 5. The van der Waals surface area contributed by atoms with Gasteiger partial charge in [0, 0.05) is 25.4 Å². The molecule has 0 atom stereocenters. The maximum atomic E-state index is 5.86. The summed E-state index contributed by atoms with van der Waals surface area (Å²) in [7, 11) is 1.94. The Balaban J connectivity index is 1.75. The first-order valence-electron chi connectivity index (χ1n) is 6.50. The van der Waals surface area contributed by atoms with Crippen LogP contribution in [0.5, 0.6) is 0 Å². The number of para-hydroxylation sites is 1. The Hall–Kier alpha value is -2.40. The highest BCUT2D eigenvalue weighted by molar-refractivity contribution is 6.29. The number of anilines is 1. The molecule has 2 aromatic heterocycles. The van der Waals surface area contributed by atoms with Gasteiger partial charge in [-0.3, -0.25) is 4.98 Å². The van der Waals surface area contributed by atoms with E-state index < -0.39 is 0 Å². The standard InChI is InChI=1S/C15H14ClN5/c1-20(15-9-17-8-14(16)19-15)10-12-7-18-21(11-12)13-5-3-2-4-6-13/h2-9,11H,10H2,1H3. The lowest BCUT2D eigenvalue weighted by molar-refractivity contribution is 0.873. The van der Waals surface area contributed by atoms with Crippen LogP contribution < -0.4 is 4.90 Å². The lowest BCUT2D eigenvalue weighted by Crippen LogP contribution is -2.17. The third-order valence-electron chi connectivity index (χ3n) is 3.06. The number of aromatic nitrogens is 4. The highest BCUT2D eigenvalue weighted by Crippen LogP contribution is 2.15. The van der Waals surface area contributed by atoms with Crippen LogP contribution >= 0.6 is 11.6 Å². The molecule has 0 N–H and O–H groups in total. The van der Waals surface area contributed by atoms with Crippen LogP contribution in [0, 0.1) is 0 Å². The van der Waals surface area contributed by atoms with Crippen LogP contribution in [0.15, 0.2) is 55.1 Å². The second-order valence-electron chi connectivity index (χ2n) is 4.68. The van der Waals surface area contributed by atoms with Crippen molar-refractivity contribution in [2.75, 3.05) is 11.9 Å². The minimum absolute atomic E-state index is 0.388. The molecule has 0 bridgehead atoms. The van der Waals surface area contributed by atoms with Gasteiger partial charge in [0.15, 0.2) is 0 Å². The number of hydrogen-bond donors (Lipinski definition) is 0. The van der Waals surface area contributed by atoms with E-state index in [4.69, 9.17) is 11.6 Å². The van der Waals surface area contributed by atoms with Gasteiger partial charge in [-0.25, -0.2) is 9.67 Å². The first-order valence-corrected chi connectivity index (χ1v) is 6.88. The van der Waals surface area contributed by atoms with Crippen LogP contribution in [-0.4, -0.2) is 26.8 Å². The Bertz CT molecular complexity index is 726. The third-order valence-corrected chi connectivity index (χ3v) is 3.24. The van der Waals surface area contributed by atoms with Crippen LogP contribution in [0.2, 0.25) is 5.15 Å². The molecule has 0 unspecified atom stereocenters. The van der Waals surface area contributed by atoms with Crippen molar-refractivity contribution in [3.63, 3.8) is 0 Å². The largest absolute Gasteiger partial charge is 0.354 e. The highest BCUT2D eigenvalue weighted by Gasteiger charge is 2.07. The summed E-state index contributed by atoms with van der Waals surface area (Å²) >= 11 is 5.86. The number of halogens is 1. The molecule has 3 aromatic rings. The van der Waals surface area contributed by atoms with Crippen molar-refractivity contribution < 1.29 is 0 Å². The van der Waals surface area contributed by atoms with Crippen LogP contribution in [0.25, 0.3) is 5.69 Å². The number of rotatable bonds is 4. The quantitative estimate of drug-likeness (QED) is 0.743. The van der Waals surface area contributed by atoms with Crippen molar-refractivity contribution >= 4 is 17.4 Å². The molecule has 5 nitrogen and oxygen atoms in total. The molecule has 3 rings (SSSR count). The van der Waals surface area contributed by atoms with Crippen LogP contribution in [0.4, 0.5) is 5.82 Å². The predicted octanol–water partition coefficient (Wildman–Crippen LogP) is 2.95. The minimum Gasteiger partial charge on any atom is -0.354 e. The summed E-state index contributed by atoms with van der Waals surface area (Å²) < 4.78 is 1.85. The van der Waals surface area contributed by atoms with E-state index in [0.29, 0.717) is 11.7 Å². The van der Waals surface area contributed by atoms with E-state index in [1.165, 1.54) is 6.20 Å². The van der Waals surface area contributed by atoms with E-state index in [9.17, 15) is 0 Å². The van der Waals surface area contributed by atoms with Gasteiger partial charge in [-0.1, -0.05) is 29.8 Å². The van der Waals surface area contributed by atoms with Gasteiger partial charge in [-0.05, 0) is 12.1 Å². The van der Waals surface area contributed by atoms with Crippen molar-refractivity contribution in [3.8, 4) is 5.69 Å². The van der Waals surface area contributed by atoms with Crippen LogP contribution in [0.1, 0.15) is 5.56 Å². The maximum Gasteiger partial charge on any atom is 0.149 e. The molecule has 106 valence electrons. The topological polar surface area (TPSA) is 46.8 Å². The fraction of sp³-hybridized carbons (Fsp3) is 0.133. The summed E-state index contributed by atoms with van der Waals surface area (Å²) in [4.78, 5) is 10.3. The molecule has 0 aliphatic heterocycles. The molecule has 6 heteroatoms. The average molecular weight is 300 g/mol. The zero-order chi connectivity index (χ0) is 14.7. The molecule has 2 heterocycles. The van der Waals surface area contributed by atoms with Crippen molar-refractivity contribution in [3.05, 3.63) is 65.8 Å². The molecule has 0 aliphatic carbocycles. The Morgan fingerprint density at radius 2 is 1.95 bits per heavy atom. The van der Waals surface area contributed by atoms with Crippen molar-refractivity contribution in [1.82, 2.24) is 19.7 Å². The van der Waals surface area contributed by atoms with E-state index >= 15 is 0 Å². The monoisotopic (exact) mass is 299 g/mol. The van der Waals surface area contributed by atoms with Gasteiger partial charge in [-0.2, -0.15) is 5.10 Å². The maximum absolute atomic E-state index is 5.86. The smallest absolute Gasteiger partial charge is 0.149 e. The zero-order valence-electron chi connectivity index (χ0n) is 11.5. The first kappa shape index (κ1) is 13.6. The van der Waals surface area contributed by atoms with E-state index in [0.717, 1.165) is 17.1 Å². The Kier molecular flexibility index (Phi) is 3.83. The van der Waals surface area contributed by atoms with E-state index in [1.807, 2.05) is 59.4 Å². The number of hydrogen-bond acceptors (Lipinski definition) is 4. The van der Waals surface area contributed by atoms with Crippen LogP contribution in [0.3, 0.4) is 0 Å². The van der Waals surface area contributed by atoms with E-state index in [-0.39, 0.29) is 0 Å². The molecule has 0 aliphatic rings. The summed E-state index contributed by atoms with van der Waals surface area (Å²) in [5.41, 5.74) is 2.12. The van der Waals surface area contributed by atoms with Crippen LogP contribution in [-0.2, 0) is 6.54 Å². The average Bonchev–Trinajstić information content (AvgIpc) is 2.97. The third kappa shape index (κ3) is 3.20. The Labute approximate surface area is 127 Å².